The number of piperidine rings is 1. The Balaban J connectivity index is 2.68. The third-order valence-corrected chi connectivity index (χ3v) is 2.98. The second-order valence-corrected chi connectivity index (χ2v) is 4.39. The highest BCUT2D eigenvalue weighted by atomic mass is 19.3. The van der Waals surface area contributed by atoms with E-state index in [-0.39, 0.29) is 25.9 Å². The largest absolute Gasteiger partial charge is 0.383 e. The van der Waals surface area contributed by atoms with Crippen molar-refractivity contribution >= 4 is 5.91 Å². The third kappa shape index (κ3) is 2.68. The van der Waals surface area contributed by atoms with Crippen LogP contribution in [0.2, 0.25) is 0 Å². The molecule has 96 valence electrons. The normalized spacial score (nSPS) is 20.2. The first kappa shape index (κ1) is 13.7. The van der Waals surface area contributed by atoms with E-state index in [4.69, 9.17) is 5.26 Å². The Morgan fingerprint density at radius 2 is 1.88 bits per heavy atom. The fourth-order valence-corrected chi connectivity index (χ4v) is 1.62. The van der Waals surface area contributed by atoms with E-state index in [1.807, 2.05) is 6.07 Å². The van der Waals surface area contributed by atoms with Crippen LogP contribution in [0, 0.1) is 16.7 Å². The van der Waals surface area contributed by atoms with Crippen LogP contribution < -0.4 is 0 Å². The molecule has 1 fully saturated rings. The molecule has 17 heavy (non-hydrogen) atoms. The number of carbonyl (C=O) groups is 1. The molecule has 0 aliphatic carbocycles. The van der Waals surface area contributed by atoms with Crippen LogP contribution in [0.25, 0.3) is 0 Å². The molecule has 1 heterocycles. The summed E-state index contributed by atoms with van der Waals surface area (Å²) in [5.41, 5.74) is -0.670. The molecule has 0 spiro atoms. The molecule has 0 bridgehead atoms. The van der Waals surface area contributed by atoms with Crippen LogP contribution in [-0.2, 0) is 4.79 Å². The van der Waals surface area contributed by atoms with Gasteiger partial charge in [0.05, 0.1) is 11.5 Å². The Bertz CT molecular complexity index is 343. The van der Waals surface area contributed by atoms with Crippen LogP contribution in [0.5, 0.6) is 0 Å². The summed E-state index contributed by atoms with van der Waals surface area (Å²) in [6.07, 6.45) is -3.57. The van der Waals surface area contributed by atoms with Crippen molar-refractivity contribution in [2.45, 2.75) is 32.1 Å². The lowest BCUT2D eigenvalue weighted by molar-refractivity contribution is -0.182. The van der Waals surface area contributed by atoms with Gasteiger partial charge in [-0.05, 0) is 19.8 Å². The SMILES string of the molecule is CC1(C#N)CCN(C(=O)C(F)(F)C(F)F)CC1. The number of rotatable bonds is 2. The molecule has 1 aliphatic heterocycles. The minimum atomic E-state index is -4.64. The van der Waals surface area contributed by atoms with Crippen molar-refractivity contribution < 1.29 is 22.4 Å². The predicted molar refractivity (Wildman–Crippen MR) is 50.5 cm³/mol. The Morgan fingerprint density at radius 3 is 2.24 bits per heavy atom. The molecule has 0 saturated carbocycles. The summed E-state index contributed by atoms with van der Waals surface area (Å²) in [6.45, 7) is 1.47. The predicted octanol–water partition coefficient (Wildman–Crippen LogP) is 2.04. The zero-order valence-electron chi connectivity index (χ0n) is 9.22. The van der Waals surface area contributed by atoms with Crippen LogP contribution in [0.4, 0.5) is 17.6 Å². The minimum Gasteiger partial charge on any atom is -0.337 e. The van der Waals surface area contributed by atoms with Crippen LogP contribution in [0.15, 0.2) is 0 Å². The van der Waals surface area contributed by atoms with E-state index in [9.17, 15) is 22.4 Å². The van der Waals surface area contributed by atoms with Crippen LogP contribution in [0.3, 0.4) is 0 Å². The fraction of sp³-hybridized carbons (Fsp3) is 0.800. The van der Waals surface area contributed by atoms with Crippen LogP contribution in [0.1, 0.15) is 19.8 Å². The van der Waals surface area contributed by atoms with Crippen LogP contribution >= 0.6 is 0 Å². The van der Waals surface area contributed by atoms with Crippen molar-refractivity contribution in [2.75, 3.05) is 13.1 Å². The third-order valence-electron chi connectivity index (χ3n) is 2.98. The lowest BCUT2D eigenvalue weighted by Gasteiger charge is -2.36. The first-order valence-electron chi connectivity index (χ1n) is 5.09. The number of likely N-dealkylation sites (tertiary alicyclic amines) is 1. The summed E-state index contributed by atoms with van der Waals surface area (Å²) in [5, 5.41) is 8.80. The van der Waals surface area contributed by atoms with Gasteiger partial charge in [0, 0.05) is 13.1 Å². The number of hydrogen-bond donors (Lipinski definition) is 0. The molecule has 1 amide bonds. The van der Waals surface area contributed by atoms with Crippen molar-refractivity contribution in [2.24, 2.45) is 5.41 Å². The molecule has 0 aromatic rings. The Morgan fingerprint density at radius 1 is 1.41 bits per heavy atom. The van der Waals surface area contributed by atoms with Gasteiger partial charge in [-0.1, -0.05) is 0 Å². The number of hydrogen-bond acceptors (Lipinski definition) is 2. The zero-order valence-corrected chi connectivity index (χ0v) is 9.22. The van der Waals surface area contributed by atoms with Crippen molar-refractivity contribution in [3.63, 3.8) is 0 Å². The summed E-state index contributed by atoms with van der Waals surface area (Å²) < 4.78 is 49.6. The van der Waals surface area contributed by atoms with E-state index in [0.29, 0.717) is 4.90 Å². The summed E-state index contributed by atoms with van der Waals surface area (Å²) in [7, 11) is 0. The van der Waals surface area contributed by atoms with Gasteiger partial charge in [-0.2, -0.15) is 14.0 Å². The first-order chi connectivity index (χ1) is 7.73. The molecule has 1 aliphatic rings. The summed E-state index contributed by atoms with van der Waals surface area (Å²) in [4.78, 5) is 11.9. The minimum absolute atomic E-state index is 0.0921. The number of nitrogens with zero attached hydrogens (tertiary/aromatic N) is 2. The van der Waals surface area contributed by atoms with Crippen molar-refractivity contribution in [3.05, 3.63) is 0 Å². The molecule has 0 radical (unpaired) electrons. The van der Waals surface area contributed by atoms with E-state index in [0.717, 1.165) is 0 Å². The molecule has 0 N–H and O–H groups in total. The maximum absolute atomic E-state index is 12.8. The monoisotopic (exact) mass is 252 g/mol. The molecular weight excluding hydrogens is 240 g/mol. The molecule has 3 nitrogen and oxygen atoms in total. The van der Waals surface area contributed by atoms with Gasteiger partial charge in [0.2, 0.25) is 0 Å². The lowest BCUT2D eigenvalue weighted by Crippen LogP contribution is -2.51. The van der Waals surface area contributed by atoms with Gasteiger partial charge in [0.25, 0.3) is 5.91 Å². The lowest BCUT2D eigenvalue weighted by atomic mass is 9.82. The van der Waals surface area contributed by atoms with E-state index in [1.54, 1.807) is 6.92 Å². The van der Waals surface area contributed by atoms with Gasteiger partial charge >= 0.3 is 12.3 Å². The van der Waals surface area contributed by atoms with E-state index in [2.05, 4.69) is 0 Å². The second-order valence-electron chi connectivity index (χ2n) is 4.39. The number of nitriles is 1. The summed E-state index contributed by atoms with van der Waals surface area (Å²) in [6, 6.07) is 2.03. The van der Waals surface area contributed by atoms with E-state index in [1.165, 1.54) is 0 Å². The first-order valence-corrected chi connectivity index (χ1v) is 5.09. The molecule has 0 atom stereocenters. The van der Waals surface area contributed by atoms with Gasteiger partial charge in [-0.15, -0.1) is 0 Å². The van der Waals surface area contributed by atoms with Crippen molar-refractivity contribution in [3.8, 4) is 6.07 Å². The molecular formula is C10H12F4N2O. The highest BCUT2D eigenvalue weighted by Crippen LogP contribution is 2.33. The maximum Gasteiger partial charge on any atom is 0.383 e. The van der Waals surface area contributed by atoms with Gasteiger partial charge in [0.15, 0.2) is 0 Å². The molecule has 1 rings (SSSR count). The Hall–Kier alpha value is -1.32. The van der Waals surface area contributed by atoms with Gasteiger partial charge in [-0.25, -0.2) is 8.78 Å². The standard InChI is InChI=1S/C10H12F4N2O/c1-9(6-15)2-4-16(5-3-9)8(17)10(13,14)7(11)12/h7H,2-5H2,1H3. The number of alkyl halides is 4. The number of amides is 1. The van der Waals surface area contributed by atoms with Crippen LogP contribution in [-0.4, -0.2) is 36.2 Å². The molecule has 7 heteroatoms. The smallest absolute Gasteiger partial charge is 0.337 e. The highest BCUT2D eigenvalue weighted by Gasteiger charge is 2.52. The van der Waals surface area contributed by atoms with Crippen molar-refractivity contribution in [1.82, 2.24) is 4.90 Å². The molecule has 0 aromatic carbocycles. The number of carbonyl (C=O) groups excluding carboxylic acids is 1. The van der Waals surface area contributed by atoms with Gasteiger partial charge in [-0.3, -0.25) is 4.79 Å². The quantitative estimate of drug-likeness (QED) is 0.706. The van der Waals surface area contributed by atoms with E-state index < -0.39 is 23.7 Å². The Labute approximate surface area is 96.0 Å². The molecule has 0 unspecified atom stereocenters. The van der Waals surface area contributed by atoms with Crippen molar-refractivity contribution in [1.29, 1.82) is 5.26 Å². The fourth-order valence-electron chi connectivity index (χ4n) is 1.62. The summed E-state index contributed by atoms with van der Waals surface area (Å²) >= 11 is 0. The highest BCUT2D eigenvalue weighted by molar-refractivity contribution is 5.84. The molecule has 0 aromatic heterocycles. The second kappa shape index (κ2) is 4.51. The maximum atomic E-state index is 12.8. The number of halogens is 4. The van der Waals surface area contributed by atoms with Gasteiger partial charge < -0.3 is 4.90 Å². The Kier molecular flexibility index (Phi) is 3.65. The average Bonchev–Trinajstić information content (AvgIpc) is 2.29. The molecule has 1 saturated heterocycles. The zero-order chi connectivity index (χ0) is 13.3. The van der Waals surface area contributed by atoms with Gasteiger partial charge in [0.1, 0.15) is 0 Å². The van der Waals surface area contributed by atoms with E-state index >= 15 is 0 Å². The topological polar surface area (TPSA) is 44.1 Å². The average molecular weight is 252 g/mol. The summed E-state index contributed by atoms with van der Waals surface area (Å²) in [5.74, 6) is -6.49.